The fourth-order valence-corrected chi connectivity index (χ4v) is 3.91. The first-order chi connectivity index (χ1) is 15.9. The van der Waals surface area contributed by atoms with Gasteiger partial charge in [0.2, 0.25) is 5.91 Å². The van der Waals surface area contributed by atoms with Crippen LogP contribution in [0.2, 0.25) is 0 Å². The van der Waals surface area contributed by atoms with Crippen LogP contribution in [0.3, 0.4) is 0 Å². The number of hydrogen-bond acceptors (Lipinski definition) is 6. The first-order valence-corrected chi connectivity index (χ1v) is 12.8. The van der Waals surface area contributed by atoms with Gasteiger partial charge >= 0.3 is 5.97 Å². The molecule has 1 amide bonds. The molecular weight excluding hydrogens is 440 g/mol. The number of carbonyl (C=O) groups excluding carboxylic acids is 1. The highest BCUT2D eigenvalue weighted by Gasteiger charge is 2.20. The number of allylic oxidation sites excluding steroid dienone is 7. The Balaban J connectivity index is 4.62. The number of nitrogens with two attached hydrogens (primary N) is 1. The lowest BCUT2D eigenvalue weighted by Gasteiger charge is -2.21. The molecule has 0 bridgehead atoms. The molecule has 8 heteroatoms. The Hall–Kier alpha value is -1.87. The third-order valence-electron chi connectivity index (χ3n) is 4.69. The second kappa shape index (κ2) is 21.9. The average Bonchev–Trinajstić information content (AvgIpc) is 2.79. The molecule has 0 radical (unpaired) electrons. The van der Waals surface area contributed by atoms with Crippen molar-refractivity contribution in [3.05, 3.63) is 48.6 Å². The molecule has 3 atom stereocenters. The Kier molecular flexibility index (Phi) is 20.7. The van der Waals surface area contributed by atoms with E-state index in [-0.39, 0.29) is 17.6 Å². The highest BCUT2D eigenvalue weighted by Crippen LogP contribution is 2.21. The summed E-state index contributed by atoms with van der Waals surface area (Å²) in [4.78, 5) is 22.4. The van der Waals surface area contributed by atoms with Crippen LogP contribution in [0, 0.1) is 0 Å². The molecule has 0 rings (SSSR count). The monoisotopic (exact) mass is 482 g/mol. The largest absolute Gasteiger partial charge is 0.480 e. The molecule has 0 aromatic rings. The molecule has 0 fully saturated rings. The molecule has 0 unspecified atom stereocenters. The first kappa shape index (κ1) is 31.1. The summed E-state index contributed by atoms with van der Waals surface area (Å²) in [5.41, 5.74) is 5.85. The maximum absolute atomic E-state index is 11.9. The number of amides is 1. The molecule has 0 aliphatic rings. The molecule has 6 N–H and O–H groups in total. The van der Waals surface area contributed by atoms with Crippen molar-refractivity contribution in [2.45, 2.75) is 75.7 Å². The van der Waals surface area contributed by atoms with Gasteiger partial charge in [-0.2, -0.15) is 0 Å². The predicted molar refractivity (Wildman–Crippen MR) is 137 cm³/mol. The number of nitrogens with one attached hydrogen (secondary N) is 1. The van der Waals surface area contributed by atoms with Crippen molar-refractivity contribution in [2.24, 2.45) is 5.73 Å². The van der Waals surface area contributed by atoms with Gasteiger partial charge in [-0.1, -0.05) is 68.4 Å². The van der Waals surface area contributed by atoms with Crippen LogP contribution in [0.15, 0.2) is 48.6 Å². The van der Waals surface area contributed by atoms with Crippen LogP contribution in [-0.4, -0.2) is 63.5 Å². The highest BCUT2D eigenvalue weighted by molar-refractivity contribution is 8.00. The molecule has 33 heavy (non-hydrogen) atoms. The normalized spacial score (nSPS) is 15.0. The fourth-order valence-electron chi connectivity index (χ4n) is 2.77. The number of rotatable bonds is 20. The Morgan fingerprint density at radius 2 is 1.79 bits per heavy atom. The number of carbonyl (C=O) groups is 2. The molecule has 0 aromatic heterocycles. The van der Waals surface area contributed by atoms with Crippen LogP contribution < -0.4 is 11.1 Å². The molecule has 0 spiro atoms. The lowest BCUT2D eigenvalue weighted by molar-refractivity contribution is -0.138. The van der Waals surface area contributed by atoms with E-state index < -0.39 is 30.6 Å². The summed E-state index contributed by atoms with van der Waals surface area (Å²) >= 11 is 1.35. The minimum Gasteiger partial charge on any atom is -0.480 e. The third-order valence-corrected chi connectivity index (χ3v) is 6.10. The van der Waals surface area contributed by atoms with Crippen LogP contribution in [0.4, 0.5) is 0 Å². The van der Waals surface area contributed by atoms with E-state index in [0.717, 1.165) is 12.8 Å². The molecule has 7 nitrogen and oxygen atoms in total. The minimum atomic E-state index is -1.13. The van der Waals surface area contributed by atoms with Gasteiger partial charge in [0, 0.05) is 17.6 Å². The summed E-state index contributed by atoms with van der Waals surface area (Å²) in [6.07, 6.45) is 22.9. The van der Waals surface area contributed by atoms with Gasteiger partial charge in [0.25, 0.3) is 0 Å². The van der Waals surface area contributed by atoms with E-state index in [1.165, 1.54) is 31.0 Å². The summed E-state index contributed by atoms with van der Waals surface area (Å²) in [5, 5.41) is 30.1. The van der Waals surface area contributed by atoms with Gasteiger partial charge in [0.1, 0.15) is 6.54 Å². The SMILES string of the molecule is CCCCCC=CCC=CC=CC=C[C@H](SC[C@H](N)C(=O)NCC(=O)O)[C@H](O)CCCCO. The van der Waals surface area contributed by atoms with Crippen molar-refractivity contribution < 1.29 is 24.9 Å². The molecule has 0 saturated carbocycles. The van der Waals surface area contributed by atoms with E-state index in [9.17, 15) is 14.7 Å². The Bertz CT molecular complexity index is 634. The zero-order chi connectivity index (χ0) is 24.7. The van der Waals surface area contributed by atoms with E-state index >= 15 is 0 Å². The molecule has 188 valence electrons. The van der Waals surface area contributed by atoms with Gasteiger partial charge in [0.05, 0.1) is 12.1 Å². The standard InChI is InChI=1S/C25H42N2O5S/c1-2-3-4-5-6-7-8-9-10-11-12-13-17-23(22(29)16-14-15-18-28)33-20-21(26)25(32)27-19-24(30)31/h6-7,9-13,17,21-23,28-29H,2-5,8,14-16,18-20,26H2,1H3,(H,27,32)(H,30,31)/t21-,22+,23-/m0/s1. The van der Waals surface area contributed by atoms with Gasteiger partial charge in [-0.3, -0.25) is 9.59 Å². The topological polar surface area (TPSA) is 133 Å². The number of carboxylic acids is 1. The quantitative estimate of drug-likeness (QED) is 0.102. The van der Waals surface area contributed by atoms with Gasteiger partial charge in [-0.25, -0.2) is 0 Å². The number of carboxylic acid groups (broad SMARTS) is 1. The lowest BCUT2D eigenvalue weighted by Crippen LogP contribution is -2.44. The number of aliphatic hydroxyl groups is 2. The van der Waals surface area contributed by atoms with Crippen LogP contribution in [-0.2, 0) is 9.59 Å². The highest BCUT2D eigenvalue weighted by atomic mass is 32.2. The van der Waals surface area contributed by atoms with Crippen LogP contribution in [0.5, 0.6) is 0 Å². The van der Waals surface area contributed by atoms with Crippen LogP contribution in [0.1, 0.15) is 58.3 Å². The van der Waals surface area contributed by atoms with Crippen LogP contribution >= 0.6 is 11.8 Å². The summed E-state index contributed by atoms with van der Waals surface area (Å²) in [6.45, 7) is 1.81. The Labute approximate surface area is 202 Å². The minimum absolute atomic E-state index is 0.0813. The summed E-state index contributed by atoms with van der Waals surface area (Å²) < 4.78 is 0. The maximum Gasteiger partial charge on any atom is 0.322 e. The van der Waals surface area contributed by atoms with E-state index in [1.807, 2.05) is 30.4 Å². The lowest BCUT2D eigenvalue weighted by atomic mass is 10.1. The zero-order valence-corrected chi connectivity index (χ0v) is 20.6. The van der Waals surface area contributed by atoms with E-state index in [1.54, 1.807) is 0 Å². The first-order valence-electron chi connectivity index (χ1n) is 11.7. The molecule has 0 aliphatic carbocycles. The van der Waals surface area contributed by atoms with Gasteiger partial charge in [-0.05, 0) is 38.5 Å². The second-order valence-corrected chi connectivity index (χ2v) is 8.91. The predicted octanol–water partition coefficient (Wildman–Crippen LogP) is 3.34. The summed E-state index contributed by atoms with van der Waals surface area (Å²) in [5.74, 6) is -1.43. The van der Waals surface area contributed by atoms with Gasteiger partial charge in [-0.15, -0.1) is 11.8 Å². The number of thioether (sulfide) groups is 1. The fraction of sp³-hybridized carbons (Fsp3) is 0.600. The smallest absolute Gasteiger partial charge is 0.322 e. The van der Waals surface area contributed by atoms with Crippen molar-refractivity contribution in [2.75, 3.05) is 18.9 Å². The van der Waals surface area contributed by atoms with Crippen molar-refractivity contribution in [1.82, 2.24) is 5.32 Å². The van der Waals surface area contributed by atoms with Gasteiger partial charge in [0.15, 0.2) is 0 Å². The van der Waals surface area contributed by atoms with Crippen molar-refractivity contribution in [3.8, 4) is 0 Å². The molecule has 0 heterocycles. The van der Waals surface area contributed by atoms with Crippen molar-refractivity contribution >= 4 is 23.6 Å². The maximum atomic E-state index is 11.9. The summed E-state index contributed by atoms with van der Waals surface area (Å²) in [6, 6.07) is -0.872. The number of unbranched alkanes of at least 4 members (excludes halogenated alkanes) is 4. The second-order valence-electron chi connectivity index (χ2n) is 7.70. The van der Waals surface area contributed by atoms with Crippen molar-refractivity contribution in [3.63, 3.8) is 0 Å². The summed E-state index contributed by atoms with van der Waals surface area (Å²) in [7, 11) is 0. The molecular formula is C25H42N2O5S. The molecule has 0 aromatic carbocycles. The van der Waals surface area contributed by atoms with E-state index in [4.69, 9.17) is 15.9 Å². The zero-order valence-electron chi connectivity index (χ0n) is 19.8. The Morgan fingerprint density at radius 1 is 1.03 bits per heavy atom. The number of aliphatic hydroxyl groups excluding tert-OH is 2. The van der Waals surface area contributed by atoms with Crippen LogP contribution in [0.25, 0.3) is 0 Å². The molecule has 0 aliphatic heterocycles. The van der Waals surface area contributed by atoms with E-state index in [2.05, 4.69) is 30.5 Å². The molecule has 0 saturated heterocycles. The number of aliphatic carboxylic acids is 1. The average molecular weight is 483 g/mol. The van der Waals surface area contributed by atoms with E-state index in [0.29, 0.717) is 19.3 Å². The third kappa shape index (κ3) is 19.3. The van der Waals surface area contributed by atoms with Gasteiger partial charge < -0.3 is 26.4 Å². The van der Waals surface area contributed by atoms with Crippen molar-refractivity contribution in [1.29, 1.82) is 0 Å². The number of hydrogen-bond donors (Lipinski definition) is 5. The Morgan fingerprint density at radius 3 is 2.48 bits per heavy atom.